The van der Waals surface area contributed by atoms with Crippen molar-refractivity contribution in [1.29, 1.82) is 0 Å². The Labute approximate surface area is 108 Å². The van der Waals surface area contributed by atoms with Crippen LogP contribution in [0.25, 0.3) is 5.69 Å². The van der Waals surface area contributed by atoms with Crippen LogP contribution >= 0.6 is 0 Å². The normalized spacial score (nSPS) is 10.9. The van der Waals surface area contributed by atoms with Crippen molar-refractivity contribution in [3.05, 3.63) is 41.0 Å². The van der Waals surface area contributed by atoms with E-state index in [1.807, 2.05) is 30.1 Å². The van der Waals surface area contributed by atoms with Crippen LogP contribution < -0.4 is 5.32 Å². The summed E-state index contributed by atoms with van der Waals surface area (Å²) in [5.41, 5.74) is 5.81. The van der Waals surface area contributed by atoms with Crippen molar-refractivity contribution in [2.45, 2.75) is 34.2 Å². The summed E-state index contributed by atoms with van der Waals surface area (Å²) in [5.74, 6) is 0. The van der Waals surface area contributed by atoms with E-state index in [1.165, 1.54) is 16.8 Å². The summed E-state index contributed by atoms with van der Waals surface area (Å²) < 4.78 is 2.01. The molecule has 0 bridgehead atoms. The molecule has 0 aliphatic heterocycles. The second-order valence-corrected chi connectivity index (χ2v) is 4.49. The van der Waals surface area contributed by atoms with Gasteiger partial charge < -0.3 is 5.32 Å². The van der Waals surface area contributed by atoms with Crippen LogP contribution in [0.1, 0.15) is 29.4 Å². The number of aryl methyl sites for hydroxylation is 1. The molecule has 0 aliphatic carbocycles. The first kappa shape index (κ1) is 12.8. The van der Waals surface area contributed by atoms with Crippen molar-refractivity contribution in [3.8, 4) is 5.69 Å². The molecular weight excluding hydrogens is 224 g/mol. The highest BCUT2D eigenvalue weighted by atomic mass is 15.3. The van der Waals surface area contributed by atoms with Gasteiger partial charge in [0.05, 0.1) is 11.4 Å². The molecule has 0 saturated carbocycles. The third-order valence-electron chi connectivity index (χ3n) is 3.32. The molecule has 0 saturated heterocycles. The van der Waals surface area contributed by atoms with Crippen LogP contribution in [0.4, 0.5) is 0 Å². The van der Waals surface area contributed by atoms with E-state index in [0.29, 0.717) is 0 Å². The van der Waals surface area contributed by atoms with E-state index < -0.39 is 0 Å². The molecule has 0 unspecified atom stereocenters. The van der Waals surface area contributed by atoms with Crippen LogP contribution in [0.2, 0.25) is 0 Å². The van der Waals surface area contributed by atoms with Gasteiger partial charge in [0.15, 0.2) is 0 Å². The van der Waals surface area contributed by atoms with Crippen LogP contribution in [-0.2, 0) is 6.54 Å². The van der Waals surface area contributed by atoms with Crippen LogP contribution in [0.15, 0.2) is 18.5 Å². The molecule has 0 aliphatic rings. The Morgan fingerprint density at radius 2 is 2.06 bits per heavy atom. The zero-order valence-corrected chi connectivity index (χ0v) is 11.5. The fourth-order valence-electron chi connectivity index (χ4n) is 1.98. The monoisotopic (exact) mass is 244 g/mol. The summed E-state index contributed by atoms with van der Waals surface area (Å²) >= 11 is 0. The van der Waals surface area contributed by atoms with Gasteiger partial charge in [0, 0.05) is 30.2 Å². The predicted molar refractivity (Wildman–Crippen MR) is 73.0 cm³/mol. The Kier molecular flexibility index (Phi) is 3.77. The molecule has 2 rings (SSSR count). The Bertz CT molecular complexity index is 543. The molecule has 0 fully saturated rings. The fourth-order valence-corrected chi connectivity index (χ4v) is 1.98. The average molecular weight is 244 g/mol. The second kappa shape index (κ2) is 5.31. The van der Waals surface area contributed by atoms with E-state index in [1.54, 1.807) is 0 Å². The summed E-state index contributed by atoms with van der Waals surface area (Å²) in [6, 6.07) is 2.02. The van der Waals surface area contributed by atoms with Crippen LogP contribution in [0.5, 0.6) is 0 Å². The highest BCUT2D eigenvalue weighted by Crippen LogP contribution is 2.19. The van der Waals surface area contributed by atoms with Gasteiger partial charge in [-0.2, -0.15) is 5.10 Å². The summed E-state index contributed by atoms with van der Waals surface area (Å²) in [5, 5.41) is 7.94. The number of nitrogens with one attached hydrogen (secondary N) is 1. The molecule has 2 heterocycles. The lowest BCUT2D eigenvalue weighted by molar-refractivity contribution is 0.710. The van der Waals surface area contributed by atoms with Gasteiger partial charge in [-0.05, 0) is 38.9 Å². The highest BCUT2D eigenvalue weighted by Gasteiger charge is 2.11. The van der Waals surface area contributed by atoms with E-state index in [9.17, 15) is 0 Å². The van der Waals surface area contributed by atoms with Gasteiger partial charge in [-0.25, -0.2) is 4.68 Å². The van der Waals surface area contributed by atoms with Crippen molar-refractivity contribution in [2.75, 3.05) is 6.54 Å². The summed E-state index contributed by atoms with van der Waals surface area (Å²) in [6.45, 7) is 10.1. The maximum atomic E-state index is 4.61. The SMILES string of the molecule is CCNCc1cnccc1-n1nc(C)c(C)c1C. The Balaban J connectivity index is 2.46. The number of pyridine rings is 1. The van der Waals surface area contributed by atoms with Crippen molar-refractivity contribution in [3.63, 3.8) is 0 Å². The topological polar surface area (TPSA) is 42.7 Å². The third-order valence-corrected chi connectivity index (χ3v) is 3.32. The molecule has 4 heteroatoms. The number of hydrogen-bond donors (Lipinski definition) is 1. The van der Waals surface area contributed by atoms with Crippen molar-refractivity contribution in [1.82, 2.24) is 20.1 Å². The lowest BCUT2D eigenvalue weighted by Crippen LogP contribution is -2.15. The highest BCUT2D eigenvalue weighted by molar-refractivity contribution is 5.41. The molecule has 2 aromatic heterocycles. The molecule has 0 spiro atoms. The van der Waals surface area contributed by atoms with E-state index >= 15 is 0 Å². The van der Waals surface area contributed by atoms with E-state index in [2.05, 4.69) is 36.2 Å². The third kappa shape index (κ3) is 2.29. The standard InChI is InChI=1S/C14H20N4/c1-5-15-8-13-9-16-7-6-14(13)18-12(4)10(2)11(3)17-18/h6-7,9,15H,5,8H2,1-4H3. The summed E-state index contributed by atoms with van der Waals surface area (Å²) in [7, 11) is 0. The summed E-state index contributed by atoms with van der Waals surface area (Å²) in [4.78, 5) is 4.20. The molecule has 2 aromatic rings. The van der Waals surface area contributed by atoms with Gasteiger partial charge in [-0.3, -0.25) is 4.98 Å². The Hall–Kier alpha value is -1.68. The Morgan fingerprint density at radius 1 is 1.28 bits per heavy atom. The lowest BCUT2D eigenvalue weighted by Gasteiger charge is -2.11. The summed E-state index contributed by atoms with van der Waals surface area (Å²) in [6.07, 6.45) is 3.72. The molecule has 18 heavy (non-hydrogen) atoms. The first-order valence-corrected chi connectivity index (χ1v) is 6.32. The van der Waals surface area contributed by atoms with Crippen molar-refractivity contribution < 1.29 is 0 Å². The van der Waals surface area contributed by atoms with Crippen LogP contribution in [0.3, 0.4) is 0 Å². The van der Waals surface area contributed by atoms with Gasteiger partial charge in [0.2, 0.25) is 0 Å². The van der Waals surface area contributed by atoms with Gasteiger partial charge in [0.25, 0.3) is 0 Å². The van der Waals surface area contributed by atoms with Gasteiger partial charge in [-0.1, -0.05) is 6.92 Å². The predicted octanol–water partition coefficient (Wildman–Crippen LogP) is 2.30. The number of rotatable bonds is 4. The quantitative estimate of drug-likeness (QED) is 0.897. The first-order valence-electron chi connectivity index (χ1n) is 6.32. The van der Waals surface area contributed by atoms with E-state index in [4.69, 9.17) is 0 Å². The van der Waals surface area contributed by atoms with E-state index in [-0.39, 0.29) is 0 Å². The minimum Gasteiger partial charge on any atom is -0.313 e. The zero-order valence-electron chi connectivity index (χ0n) is 11.5. The number of nitrogens with zero attached hydrogens (tertiary/aromatic N) is 3. The second-order valence-electron chi connectivity index (χ2n) is 4.49. The van der Waals surface area contributed by atoms with Crippen LogP contribution in [0, 0.1) is 20.8 Å². The Morgan fingerprint density at radius 3 is 2.67 bits per heavy atom. The minimum atomic E-state index is 0.817. The first-order chi connectivity index (χ1) is 8.65. The fraction of sp³-hybridized carbons (Fsp3) is 0.429. The number of aromatic nitrogens is 3. The smallest absolute Gasteiger partial charge is 0.0724 e. The molecule has 96 valence electrons. The van der Waals surface area contributed by atoms with Crippen LogP contribution in [-0.4, -0.2) is 21.3 Å². The molecule has 1 N–H and O–H groups in total. The van der Waals surface area contributed by atoms with Gasteiger partial charge in [-0.15, -0.1) is 0 Å². The zero-order chi connectivity index (χ0) is 13.1. The average Bonchev–Trinajstić information content (AvgIpc) is 2.64. The largest absolute Gasteiger partial charge is 0.313 e. The molecular formula is C14H20N4. The van der Waals surface area contributed by atoms with Gasteiger partial charge >= 0.3 is 0 Å². The maximum absolute atomic E-state index is 4.61. The molecule has 0 amide bonds. The minimum absolute atomic E-state index is 0.817. The van der Waals surface area contributed by atoms with Crippen molar-refractivity contribution >= 4 is 0 Å². The maximum Gasteiger partial charge on any atom is 0.0724 e. The molecule has 0 atom stereocenters. The molecule has 0 aromatic carbocycles. The van der Waals surface area contributed by atoms with Gasteiger partial charge in [0.1, 0.15) is 0 Å². The lowest BCUT2D eigenvalue weighted by atomic mass is 10.2. The molecule has 4 nitrogen and oxygen atoms in total. The van der Waals surface area contributed by atoms with Crippen molar-refractivity contribution in [2.24, 2.45) is 0 Å². The van der Waals surface area contributed by atoms with E-state index in [0.717, 1.165) is 24.5 Å². The molecule has 0 radical (unpaired) electrons. The number of hydrogen-bond acceptors (Lipinski definition) is 3.